The largest absolute Gasteiger partial charge is 0.334 e. The van der Waals surface area contributed by atoms with Gasteiger partial charge in [-0.2, -0.15) is 4.98 Å². The monoisotopic (exact) mass is 309 g/mol. The molecule has 1 heterocycles. The van der Waals surface area contributed by atoms with E-state index in [-0.39, 0.29) is 0 Å². The zero-order valence-corrected chi connectivity index (χ0v) is 12.3. The number of halogens is 1. The first kappa shape index (κ1) is 13.2. The lowest BCUT2D eigenvalue weighted by atomic mass is 10.00. The van der Waals surface area contributed by atoms with Gasteiger partial charge in [0.15, 0.2) is 5.82 Å². The SMILES string of the molecule is CCC(C)(N)c1noc(-c2ccc(C)cc2Br)n1. The van der Waals surface area contributed by atoms with E-state index in [9.17, 15) is 0 Å². The zero-order valence-electron chi connectivity index (χ0n) is 10.7. The summed E-state index contributed by atoms with van der Waals surface area (Å²) in [6.45, 7) is 5.92. The molecule has 0 spiro atoms. The van der Waals surface area contributed by atoms with Gasteiger partial charge in [-0.25, -0.2) is 0 Å². The average Bonchev–Trinajstić information content (AvgIpc) is 2.79. The van der Waals surface area contributed by atoms with Crippen molar-refractivity contribution in [2.75, 3.05) is 0 Å². The second-order valence-corrected chi connectivity index (χ2v) is 5.53. The summed E-state index contributed by atoms with van der Waals surface area (Å²) in [6, 6.07) is 5.97. The summed E-state index contributed by atoms with van der Waals surface area (Å²) in [4.78, 5) is 4.38. The quantitative estimate of drug-likeness (QED) is 0.943. The van der Waals surface area contributed by atoms with E-state index in [0.29, 0.717) is 11.7 Å². The molecular weight excluding hydrogens is 294 g/mol. The first-order chi connectivity index (χ1) is 8.44. The molecule has 2 rings (SSSR count). The predicted molar refractivity (Wildman–Crippen MR) is 74.0 cm³/mol. The minimum atomic E-state index is -0.557. The van der Waals surface area contributed by atoms with E-state index in [0.717, 1.165) is 16.5 Å². The maximum atomic E-state index is 6.09. The number of hydrogen-bond acceptors (Lipinski definition) is 4. The number of nitrogens with zero attached hydrogens (tertiary/aromatic N) is 2. The van der Waals surface area contributed by atoms with E-state index in [2.05, 4.69) is 26.1 Å². The van der Waals surface area contributed by atoms with Crippen LogP contribution in [0.15, 0.2) is 27.2 Å². The first-order valence-electron chi connectivity index (χ1n) is 5.83. The third kappa shape index (κ3) is 2.47. The van der Waals surface area contributed by atoms with E-state index in [1.165, 1.54) is 5.56 Å². The number of rotatable bonds is 3. The Labute approximate surface area is 115 Å². The molecule has 0 saturated heterocycles. The molecule has 0 aliphatic heterocycles. The third-order valence-electron chi connectivity index (χ3n) is 3.03. The van der Waals surface area contributed by atoms with Crippen molar-refractivity contribution in [2.24, 2.45) is 5.73 Å². The molecule has 0 amide bonds. The van der Waals surface area contributed by atoms with Gasteiger partial charge < -0.3 is 10.3 Å². The number of benzene rings is 1. The lowest BCUT2D eigenvalue weighted by Gasteiger charge is -2.16. The highest BCUT2D eigenvalue weighted by atomic mass is 79.9. The molecule has 0 aliphatic carbocycles. The molecule has 5 heteroatoms. The van der Waals surface area contributed by atoms with Gasteiger partial charge in [0.1, 0.15) is 0 Å². The van der Waals surface area contributed by atoms with Crippen LogP contribution < -0.4 is 5.73 Å². The smallest absolute Gasteiger partial charge is 0.259 e. The van der Waals surface area contributed by atoms with Crippen molar-refractivity contribution in [3.05, 3.63) is 34.1 Å². The summed E-state index contributed by atoms with van der Waals surface area (Å²) < 4.78 is 6.23. The molecule has 0 radical (unpaired) electrons. The molecule has 0 bridgehead atoms. The third-order valence-corrected chi connectivity index (χ3v) is 3.68. The van der Waals surface area contributed by atoms with Crippen LogP contribution in [-0.4, -0.2) is 10.1 Å². The van der Waals surface area contributed by atoms with Crippen molar-refractivity contribution < 1.29 is 4.52 Å². The topological polar surface area (TPSA) is 64.9 Å². The van der Waals surface area contributed by atoms with E-state index in [1.807, 2.05) is 39.0 Å². The van der Waals surface area contributed by atoms with Gasteiger partial charge in [0, 0.05) is 4.47 Å². The number of aryl methyl sites for hydroxylation is 1. The van der Waals surface area contributed by atoms with Crippen LogP contribution in [0.2, 0.25) is 0 Å². The molecule has 4 nitrogen and oxygen atoms in total. The normalized spacial score (nSPS) is 14.5. The van der Waals surface area contributed by atoms with Crippen LogP contribution in [0.3, 0.4) is 0 Å². The van der Waals surface area contributed by atoms with Crippen LogP contribution in [0.4, 0.5) is 0 Å². The maximum Gasteiger partial charge on any atom is 0.259 e. The minimum Gasteiger partial charge on any atom is -0.334 e. The summed E-state index contributed by atoms with van der Waals surface area (Å²) in [6.07, 6.45) is 0.751. The van der Waals surface area contributed by atoms with Crippen LogP contribution in [0.25, 0.3) is 11.5 Å². The van der Waals surface area contributed by atoms with Gasteiger partial charge in [-0.15, -0.1) is 0 Å². The Bertz CT molecular complexity index is 563. The van der Waals surface area contributed by atoms with Crippen molar-refractivity contribution in [2.45, 2.75) is 32.7 Å². The number of aromatic nitrogens is 2. The molecule has 96 valence electrons. The second-order valence-electron chi connectivity index (χ2n) is 4.68. The predicted octanol–water partition coefficient (Wildman–Crippen LogP) is 3.39. The van der Waals surface area contributed by atoms with Crippen molar-refractivity contribution in [1.82, 2.24) is 10.1 Å². The Kier molecular flexibility index (Phi) is 3.54. The van der Waals surface area contributed by atoms with Gasteiger partial charge in [0.05, 0.1) is 11.1 Å². The molecule has 1 atom stereocenters. The van der Waals surface area contributed by atoms with Gasteiger partial charge in [0.2, 0.25) is 0 Å². The molecule has 1 unspecified atom stereocenters. The summed E-state index contributed by atoms with van der Waals surface area (Å²) in [7, 11) is 0. The zero-order chi connectivity index (χ0) is 13.3. The van der Waals surface area contributed by atoms with Crippen LogP contribution in [-0.2, 0) is 5.54 Å². The molecule has 2 N–H and O–H groups in total. The van der Waals surface area contributed by atoms with Crippen LogP contribution in [0, 0.1) is 6.92 Å². The highest BCUT2D eigenvalue weighted by molar-refractivity contribution is 9.10. The Morgan fingerprint density at radius 3 is 2.78 bits per heavy atom. The highest BCUT2D eigenvalue weighted by Gasteiger charge is 2.26. The minimum absolute atomic E-state index is 0.488. The Morgan fingerprint density at radius 2 is 2.17 bits per heavy atom. The van der Waals surface area contributed by atoms with Gasteiger partial charge >= 0.3 is 0 Å². The maximum absolute atomic E-state index is 6.09. The summed E-state index contributed by atoms with van der Waals surface area (Å²) in [5, 5.41) is 3.97. The van der Waals surface area contributed by atoms with Crippen LogP contribution >= 0.6 is 15.9 Å². The Morgan fingerprint density at radius 1 is 1.44 bits per heavy atom. The van der Waals surface area contributed by atoms with Crippen molar-refractivity contribution in [3.63, 3.8) is 0 Å². The molecule has 1 aromatic carbocycles. The number of hydrogen-bond donors (Lipinski definition) is 1. The standard InChI is InChI=1S/C13H16BrN3O/c1-4-13(3,15)12-16-11(18-17-12)9-6-5-8(2)7-10(9)14/h5-7H,4,15H2,1-3H3. The molecule has 2 aromatic rings. The lowest BCUT2D eigenvalue weighted by Crippen LogP contribution is -2.33. The van der Waals surface area contributed by atoms with Gasteiger partial charge in [-0.1, -0.05) is 18.1 Å². The Hall–Kier alpha value is -1.20. The fourth-order valence-electron chi connectivity index (χ4n) is 1.52. The van der Waals surface area contributed by atoms with Crippen molar-refractivity contribution in [1.29, 1.82) is 0 Å². The average molecular weight is 310 g/mol. The molecule has 18 heavy (non-hydrogen) atoms. The Balaban J connectivity index is 2.41. The molecule has 0 aliphatic rings. The molecule has 0 saturated carbocycles. The van der Waals surface area contributed by atoms with Crippen molar-refractivity contribution >= 4 is 15.9 Å². The van der Waals surface area contributed by atoms with E-state index in [1.54, 1.807) is 0 Å². The second kappa shape index (κ2) is 4.82. The molecule has 1 aromatic heterocycles. The fourth-order valence-corrected chi connectivity index (χ4v) is 2.18. The van der Waals surface area contributed by atoms with Gasteiger partial charge in [-0.3, -0.25) is 0 Å². The van der Waals surface area contributed by atoms with Gasteiger partial charge in [0.25, 0.3) is 5.89 Å². The molecule has 0 fully saturated rings. The number of nitrogens with two attached hydrogens (primary N) is 1. The van der Waals surface area contributed by atoms with Crippen LogP contribution in [0.5, 0.6) is 0 Å². The van der Waals surface area contributed by atoms with Crippen molar-refractivity contribution in [3.8, 4) is 11.5 Å². The fraction of sp³-hybridized carbons (Fsp3) is 0.385. The summed E-state index contributed by atoms with van der Waals surface area (Å²) in [5.74, 6) is 1.02. The van der Waals surface area contributed by atoms with Gasteiger partial charge in [-0.05, 0) is 53.9 Å². The highest BCUT2D eigenvalue weighted by Crippen LogP contribution is 2.29. The lowest BCUT2D eigenvalue weighted by molar-refractivity contribution is 0.379. The molecular formula is C13H16BrN3O. The summed E-state index contributed by atoms with van der Waals surface area (Å²) in [5.41, 5.74) is 7.59. The first-order valence-corrected chi connectivity index (χ1v) is 6.63. The van der Waals surface area contributed by atoms with E-state index < -0.39 is 5.54 Å². The van der Waals surface area contributed by atoms with Crippen LogP contribution in [0.1, 0.15) is 31.7 Å². The van der Waals surface area contributed by atoms with E-state index >= 15 is 0 Å². The van der Waals surface area contributed by atoms with E-state index in [4.69, 9.17) is 10.3 Å². The summed E-state index contributed by atoms with van der Waals surface area (Å²) >= 11 is 3.50.